The summed E-state index contributed by atoms with van der Waals surface area (Å²) in [5.74, 6) is -0.495. The van der Waals surface area contributed by atoms with Crippen LogP contribution in [0.2, 0.25) is 0 Å². The first-order valence-electron chi connectivity index (χ1n) is 29.7. The number of hydrogen-bond donors (Lipinski definition) is 2. The Kier molecular flexibility index (Phi) is 48.9. The van der Waals surface area contributed by atoms with Crippen LogP contribution < -0.4 is 5.32 Å². The van der Waals surface area contributed by atoms with E-state index in [0.29, 0.717) is 23.9 Å². The molecule has 0 heterocycles. The lowest BCUT2D eigenvalue weighted by atomic mass is 10.0. The van der Waals surface area contributed by atoms with Crippen molar-refractivity contribution in [2.24, 2.45) is 0 Å². The van der Waals surface area contributed by atoms with Gasteiger partial charge in [0.2, 0.25) is 5.91 Å². The summed E-state index contributed by atoms with van der Waals surface area (Å²) in [5, 5.41) is 3.05. The van der Waals surface area contributed by atoms with Crippen LogP contribution in [-0.2, 0) is 27.9 Å². The van der Waals surface area contributed by atoms with Gasteiger partial charge in [-0.15, -0.1) is 0 Å². The number of nitrogens with zero attached hydrogens (tertiary/aromatic N) is 1. The van der Waals surface area contributed by atoms with Crippen LogP contribution in [-0.4, -0.2) is 74.3 Å². The minimum absolute atomic E-state index is 0.0435. The molecular formula is C59H116N2O7P+. The molecule has 0 rings (SSSR count). The van der Waals surface area contributed by atoms with Gasteiger partial charge in [-0.25, -0.2) is 4.57 Å². The molecule has 3 atom stereocenters. The molecule has 3 unspecified atom stereocenters. The zero-order valence-electron chi connectivity index (χ0n) is 46.6. The number of phosphoric ester groups is 1. The number of carbonyl (C=O) groups excluding carboxylic acids is 2. The maximum Gasteiger partial charge on any atom is 0.472 e. The average Bonchev–Trinajstić information content (AvgIpc) is 3.31. The molecule has 0 saturated carbocycles. The number of unbranched alkanes of at least 4 members (excludes halogenated alkanes) is 36. The Balaban J connectivity index is 5.15. The number of quaternary nitrogens is 1. The summed E-state index contributed by atoms with van der Waals surface area (Å²) < 4.78 is 30.6. The molecular weight excluding hydrogens is 880 g/mol. The monoisotopic (exact) mass is 996 g/mol. The normalized spacial score (nSPS) is 13.9. The molecule has 69 heavy (non-hydrogen) atoms. The molecule has 0 aromatic rings. The molecule has 0 fully saturated rings. The van der Waals surface area contributed by atoms with Gasteiger partial charge in [-0.3, -0.25) is 18.6 Å². The van der Waals surface area contributed by atoms with Crippen molar-refractivity contribution < 1.29 is 37.3 Å². The van der Waals surface area contributed by atoms with Crippen molar-refractivity contribution in [1.82, 2.24) is 5.32 Å². The van der Waals surface area contributed by atoms with Crippen molar-refractivity contribution in [3.8, 4) is 0 Å². The Hall–Kier alpha value is -1.51. The highest BCUT2D eigenvalue weighted by Crippen LogP contribution is 2.43. The van der Waals surface area contributed by atoms with Crippen LogP contribution in [0.15, 0.2) is 24.3 Å². The highest BCUT2D eigenvalue weighted by Gasteiger charge is 2.30. The quantitative estimate of drug-likeness (QED) is 0.0205. The van der Waals surface area contributed by atoms with Crippen LogP contribution in [0.4, 0.5) is 0 Å². The Bertz CT molecular complexity index is 1240. The van der Waals surface area contributed by atoms with E-state index in [2.05, 4.69) is 38.2 Å². The van der Waals surface area contributed by atoms with Crippen molar-refractivity contribution in [2.75, 3.05) is 40.9 Å². The fourth-order valence-corrected chi connectivity index (χ4v) is 9.50. The highest BCUT2D eigenvalue weighted by atomic mass is 31.2. The van der Waals surface area contributed by atoms with Crippen molar-refractivity contribution in [2.45, 2.75) is 303 Å². The lowest BCUT2D eigenvalue weighted by Crippen LogP contribution is -2.47. The summed E-state index contributed by atoms with van der Waals surface area (Å²) in [7, 11) is 1.51. The van der Waals surface area contributed by atoms with Crippen LogP contribution in [0, 0.1) is 0 Å². The van der Waals surface area contributed by atoms with Crippen molar-refractivity contribution >= 4 is 19.7 Å². The van der Waals surface area contributed by atoms with Gasteiger partial charge >= 0.3 is 13.8 Å². The topological polar surface area (TPSA) is 111 Å². The van der Waals surface area contributed by atoms with Crippen LogP contribution in [0.25, 0.3) is 0 Å². The molecule has 0 bridgehead atoms. The Morgan fingerprint density at radius 2 is 0.841 bits per heavy atom. The van der Waals surface area contributed by atoms with Gasteiger partial charge in [0.05, 0.1) is 33.8 Å². The largest absolute Gasteiger partial charge is 0.472 e. The lowest BCUT2D eigenvalue weighted by Gasteiger charge is -2.27. The van der Waals surface area contributed by atoms with Gasteiger partial charge in [0.1, 0.15) is 19.3 Å². The third-order valence-corrected chi connectivity index (χ3v) is 14.4. The van der Waals surface area contributed by atoms with E-state index in [1.54, 1.807) is 0 Å². The number of phosphoric acid groups is 1. The smallest absolute Gasteiger partial charge is 0.456 e. The SMILES string of the molecule is CCCCCCCC/C=C/CCCCCCCCCCCCCC(=O)NC(COP(=O)(O)OCC[N+](C)(C)C)C(/C=C\CCCCCCCCCCC)OC(=O)CCCCCCCCCCCCC. The van der Waals surface area contributed by atoms with E-state index < -0.39 is 20.0 Å². The van der Waals surface area contributed by atoms with Gasteiger partial charge in [0, 0.05) is 12.8 Å². The summed E-state index contributed by atoms with van der Waals surface area (Å²) in [4.78, 5) is 37.5. The molecule has 9 nitrogen and oxygen atoms in total. The van der Waals surface area contributed by atoms with Crippen molar-refractivity contribution in [3.63, 3.8) is 0 Å². The molecule has 0 aromatic heterocycles. The fourth-order valence-electron chi connectivity index (χ4n) is 8.76. The number of hydrogen-bond acceptors (Lipinski definition) is 6. The molecule has 0 aromatic carbocycles. The molecule has 0 spiro atoms. The fraction of sp³-hybridized carbons (Fsp3) is 0.898. The summed E-state index contributed by atoms with van der Waals surface area (Å²) >= 11 is 0. The number of allylic oxidation sites excluding steroid dienone is 3. The number of carbonyl (C=O) groups is 2. The number of nitrogens with one attached hydrogen (secondary N) is 1. The Labute approximate surface area is 428 Å². The van der Waals surface area contributed by atoms with Crippen molar-refractivity contribution in [3.05, 3.63) is 24.3 Å². The van der Waals surface area contributed by atoms with Gasteiger partial charge in [-0.1, -0.05) is 244 Å². The lowest BCUT2D eigenvalue weighted by molar-refractivity contribution is -0.870. The molecule has 0 aliphatic rings. The summed E-state index contributed by atoms with van der Waals surface area (Å²) in [6.45, 7) is 7.02. The van der Waals surface area contributed by atoms with E-state index in [9.17, 15) is 19.0 Å². The van der Waals surface area contributed by atoms with Gasteiger partial charge in [0.25, 0.3) is 0 Å². The maximum atomic E-state index is 13.5. The van der Waals surface area contributed by atoms with Crippen molar-refractivity contribution in [1.29, 1.82) is 0 Å². The Morgan fingerprint density at radius 1 is 0.493 bits per heavy atom. The van der Waals surface area contributed by atoms with Crippen LogP contribution >= 0.6 is 7.82 Å². The molecule has 10 heteroatoms. The van der Waals surface area contributed by atoms with E-state index in [4.69, 9.17) is 13.8 Å². The van der Waals surface area contributed by atoms with E-state index in [-0.39, 0.29) is 25.1 Å². The second-order valence-corrected chi connectivity index (χ2v) is 23.0. The average molecular weight is 997 g/mol. The number of rotatable bonds is 54. The second-order valence-electron chi connectivity index (χ2n) is 21.5. The van der Waals surface area contributed by atoms with Crippen LogP contribution in [0.1, 0.15) is 290 Å². The highest BCUT2D eigenvalue weighted by molar-refractivity contribution is 7.47. The molecule has 0 aliphatic heterocycles. The van der Waals surface area contributed by atoms with E-state index in [1.165, 1.54) is 199 Å². The molecule has 408 valence electrons. The minimum Gasteiger partial charge on any atom is -0.456 e. The zero-order valence-corrected chi connectivity index (χ0v) is 47.5. The maximum absolute atomic E-state index is 13.5. The first-order valence-corrected chi connectivity index (χ1v) is 31.2. The van der Waals surface area contributed by atoms with Gasteiger partial charge in [-0.05, 0) is 57.4 Å². The molecule has 0 radical (unpaired) electrons. The van der Waals surface area contributed by atoms with E-state index in [1.807, 2.05) is 33.3 Å². The van der Waals surface area contributed by atoms with Crippen LogP contribution in [0.3, 0.4) is 0 Å². The number of ether oxygens (including phenoxy) is 1. The minimum atomic E-state index is -4.44. The zero-order chi connectivity index (χ0) is 50.8. The predicted octanol–water partition coefficient (Wildman–Crippen LogP) is 17.8. The first kappa shape index (κ1) is 67.5. The standard InChI is InChI=1S/C59H115N2O7P/c1-7-10-13-16-19-22-25-26-27-28-29-30-31-32-33-34-37-39-42-45-48-51-58(62)60-56(55-67-69(64,65)66-54-53-61(4,5)6)57(50-47-44-41-38-35-23-20-17-14-11-8-2)68-59(63)52-49-46-43-40-36-24-21-18-15-12-9-3/h26-27,47,50,56-57H,7-25,28-46,48-49,51-55H2,1-6H3,(H-,60,62,64,65)/p+1/b27-26+,50-47-. The molecule has 0 aliphatic carbocycles. The first-order chi connectivity index (χ1) is 33.4. The predicted molar refractivity (Wildman–Crippen MR) is 296 cm³/mol. The molecule has 1 amide bonds. The summed E-state index contributed by atoms with van der Waals surface area (Å²) in [6, 6.07) is -0.841. The number of amides is 1. The third kappa shape index (κ3) is 51.2. The number of likely N-dealkylation sites (N-methyl/N-ethyl adjacent to an activating group) is 1. The van der Waals surface area contributed by atoms with Gasteiger partial charge < -0.3 is 19.4 Å². The summed E-state index contributed by atoms with van der Waals surface area (Å²) in [5.41, 5.74) is 0. The summed E-state index contributed by atoms with van der Waals surface area (Å²) in [6.07, 6.45) is 57.4. The molecule has 2 N–H and O–H groups in total. The third-order valence-electron chi connectivity index (χ3n) is 13.4. The van der Waals surface area contributed by atoms with Gasteiger partial charge in [0.15, 0.2) is 0 Å². The Morgan fingerprint density at radius 3 is 1.23 bits per heavy atom. The second kappa shape index (κ2) is 50.0. The van der Waals surface area contributed by atoms with Gasteiger partial charge in [-0.2, -0.15) is 0 Å². The molecule has 0 saturated heterocycles. The van der Waals surface area contributed by atoms with E-state index >= 15 is 0 Å². The van der Waals surface area contributed by atoms with Crippen LogP contribution in [0.5, 0.6) is 0 Å². The number of esters is 1. The van der Waals surface area contributed by atoms with E-state index in [0.717, 1.165) is 57.8 Å².